The van der Waals surface area contributed by atoms with Crippen LogP contribution in [0.3, 0.4) is 0 Å². The van der Waals surface area contributed by atoms with Gasteiger partial charge in [-0.3, -0.25) is 10.1 Å². The molecule has 3 N–H and O–H groups in total. The molecule has 0 aromatic heterocycles. The van der Waals surface area contributed by atoms with Crippen molar-refractivity contribution in [3.8, 4) is 5.75 Å². The summed E-state index contributed by atoms with van der Waals surface area (Å²) < 4.78 is 20.8. The Morgan fingerprint density at radius 3 is 1.96 bits per heavy atom. The van der Waals surface area contributed by atoms with Crippen molar-refractivity contribution in [3.05, 3.63) is 106 Å². The largest absolute Gasteiger partial charge is 0.389 e. The summed E-state index contributed by atoms with van der Waals surface area (Å²) in [4.78, 5) is 10.2. The average molecular weight is 397 g/mol. The van der Waals surface area contributed by atoms with Gasteiger partial charge in [0.05, 0.1) is 17.0 Å². The van der Waals surface area contributed by atoms with Gasteiger partial charge in [0.15, 0.2) is 0 Å². The van der Waals surface area contributed by atoms with Gasteiger partial charge in [-0.2, -0.15) is 8.93 Å². The molecule has 28 heavy (non-hydrogen) atoms. The Labute approximate surface area is 165 Å². The third-order valence-corrected chi connectivity index (χ3v) is 4.94. The minimum atomic E-state index is -1.91. The molecule has 3 aromatic carbocycles. The minimum absolute atomic E-state index is 0.0700. The van der Waals surface area contributed by atoms with Gasteiger partial charge in [-0.05, 0) is 23.3 Å². The Morgan fingerprint density at radius 1 is 0.893 bits per heavy atom. The summed E-state index contributed by atoms with van der Waals surface area (Å²) >= 11 is -1.91. The molecule has 0 aliphatic carbocycles. The number of non-ortho nitro benzene ring substituents is 1. The number of nitrogens with two attached hydrogens (primary N) is 1. The molecular weight excluding hydrogens is 378 g/mol. The van der Waals surface area contributed by atoms with Crippen LogP contribution in [0, 0.1) is 10.1 Å². The topological polar surface area (TPSA) is 107 Å². The van der Waals surface area contributed by atoms with Gasteiger partial charge in [0, 0.05) is 12.1 Å². The Morgan fingerprint density at radius 2 is 1.43 bits per heavy atom. The Balaban J connectivity index is 1.77. The van der Waals surface area contributed by atoms with E-state index in [0.717, 1.165) is 11.1 Å². The van der Waals surface area contributed by atoms with E-state index in [-0.39, 0.29) is 11.4 Å². The van der Waals surface area contributed by atoms with Crippen LogP contribution >= 0.6 is 0 Å². The predicted molar refractivity (Wildman–Crippen MR) is 108 cm³/mol. The average Bonchev–Trinajstić information content (AvgIpc) is 2.73. The molecule has 3 rings (SSSR count). The zero-order chi connectivity index (χ0) is 19.9. The third-order valence-electron chi connectivity index (χ3n) is 4.14. The van der Waals surface area contributed by atoms with Gasteiger partial charge in [0.25, 0.3) is 17.0 Å². The summed E-state index contributed by atoms with van der Waals surface area (Å²) in [7, 11) is 0. The Bertz CT molecular complexity index is 937. The lowest BCUT2D eigenvalue weighted by Gasteiger charge is -2.25. The van der Waals surface area contributed by atoms with E-state index in [9.17, 15) is 14.3 Å². The monoisotopic (exact) mass is 397 g/mol. The van der Waals surface area contributed by atoms with Gasteiger partial charge >= 0.3 is 0 Å². The molecule has 0 saturated heterocycles. The first-order valence-corrected chi connectivity index (χ1v) is 9.58. The molecule has 0 spiro atoms. The molecule has 3 atom stereocenters. The highest BCUT2D eigenvalue weighted by Crippen LogP contribution is 2.27. The minimum Gasteiger partial charge on any atom is -0.389 e. The molecule has 0 amide bonds. The van der Waals surface area contributed by atoms with Crippen LogP contribution in [0.2, 0.25) is 0 Å². The van der Waals surface area contributed by atoms with E-state index >= 15 is 0 Å². The zero-order valence-electron chi connectivity index (χ0n) is 14.8. The molecule has 0 radical (unpaired) electrons. The second kappa shape index (κ2) is 9.23. The number of nitro groups is 1. The Hall–Kier alpha value is -3.07. The normalized spacial score (nSPS) is 14.0. The van der Waals surface area contributed by atoms with Gasteiger partial charge in [-0.25, -0.2) is 0 Å². The van der Waals surface area contributed by atoms with Gasteiger partial charge in [-0.15, -0.1) is 0 Å². The molecule has 0 fully saturated rings. The molecule has 0 bridgehead atoms. The van der Waals surface area contributed by atoms with E-state index in [1.165, 1.54) is 24.3 Å². The van der Waals surface area contributed by atoms with E-state index in [2.05, 4.69) is 4.72 Å². The van der Waals surface area contributed by atoms with Crippen LogP contribution in [-0.4, -0.2) is 9.13 Å². The molecule has 0 aliphatic heterocycles. The SMILES string of the molecule is NC(c1ccccc1)[C@H](NS(=O)Oc1ccc([N+](=O)[O-])cc1)c1ccccc1. The third kappa shape index (κ3) is 5.01. The van der Waals surface area contributed by atoms with Crippen molar-refractivity contribution in [2.24, 2.45) is 5.73 Å². The predicted octanol–water partition coefficient (Wildman–Crippen LogP) is 3.58. The summed E-state index contributed by atoms with van der Waals surface area (Å²) in [6.07, 6.45) is 0. The lowest BCUT2D eigenvalue weighted by Crippen LogP contribution is -2.34. The highest BCUT2D eigenvalue weighted by atomic mass is 32.2. The van der Waals surface area contributed by atoms with E-state index < -0.39 is 28.3 Å². The maximum Gasteiger partial charge on any atom is 0.288 e. The molecule has 0 saturated carbocycles. The van der Waals surface area contributed by atoms with Crippen molar-refractivity contribution in [1.29, 1.82) is 0 Å². The van der Waals surface area contributed by atoms with Crippen molar-refractivity contribution in [2.75, 3.05) is 0 Å². The van der Waals surface area contributed by atoms with Crippen molar-refractivity contribution in [1.82, 2.24) is 4.72 Å². The highest BCUT2D eigenvalue weighted by molar-refractivity contribution is 7.78. The number of nitro benzene ring substituents is 1. The zero-order valence-corrected chi connectivity index (χ0v) is 15.6. The smallest absolute Gasteiger partial charge is 0.288 e. The fourth-order valence-corrected chi connectivity index (χ4v) is 3.54. The van der Waals surface area contributed by atoms with E-state index in [1.54, 1.807) is 0 Å². The van der Waals surface area contributed by atoms with E-state index in [0.29, 0.717) is 0 Å². The number of hydrogen-bond acceptors (Lipinski definition) is 5. The lowest BCUT2D eigenvalue weighted by molar-refractivity contribution is -0.384. The molecule has 2 unspecified atom stereocenters. The molecule has 7 nitrogen and oxygen atoms in total. The van der Waals surface area contributed by atoms with Crippen LogP contribution < -0.4 is 14.6 Å². The van der Waals surface area contributed by atoms with Crippen molar-refractivity contribution >= 4 is 17.0 Å². The second-order valence-corrected chi connectivity index (χ2v) is 6.88. The van der Waals surface area contributed by atoms with Crippen molar-refractivity contribution in [3.63, 3.8) is 0 Å². The Kier molecular flexibility index (Phi) is 6.49. The summed E-state index contributed by atoms with van der Waals surface area (Å²) in [5, 5.41) is 10.7. The fourth-order valence-electron chi connectivity index (χ4n) is 2.72. The number of hydrogen-bond donors (Lipinski definition) is 2. The lowest BCUT2D eigenvalue weighted by atomic mass is 9.95. The maximum atomic E-state index is 12.5. The number of nitrogens with one attached hydrogen (secondary N) is 1. The summed E-state index contributed by atoms with van der Waals surface area (Å²) in [5.74, 6) is 0.247. The fraction of sp³-hybridized carbons (Fsp3) is 0.100. The standard InChI is InChI=1S/C20H19N3O4S/c21-19(15-7-3-1-4-8-15)20(16-9-5-2-6-10-16)22-28(26)27-18-13-11-17(12-14-18)23(24)25/h1-14,19-20,22H,21H2/t19?,20-,28?/m1/s1. The van der Waals surface area contributed by atoms with E-state index in [4.69, 9.17) is 9.92 Å². The van der Waals surface area contributed by atoms with Crippen LogP contribution in [0.25, 0.3) is 0 Å². The van der Waals surface area contributed by atoms with Gasteiger partial charge in [0.2, 0.25) is 0 Å². The van der Waals surface area contributed by atoms with Gasteiger partial charge < -0.3 is 9.92 Å². The molecule has 3 aromatic rings. The van der Waals surface area contributed by atoms with Crippen molar-refractivity contribution < 1.29 is 13.3 Å². The van der Waals surface area contributed by atoms with E-state index in [1.807, 2.05) is 60.7 Å². The molecule has 0 heterocycles. The molecular formula is C20H19N3O4S. The summed E-state index contributed by atoms with van der Waals surface area (Å²) in [6, 6.07) is 23.4. The summed E-state index contributed by atoms with van der Waals surface area (Å²) in [6.45, 7) is 0. The first-order chi connectivity index (χ1) is 13.5. The van der Waals surface area contributed by atoms with Crippen LogP contribution in [0.5, 0.6) is 5.75 Å². The first kappa shape index (κ1) is 19.7. The van der Waals surface area contributed by atoms with Crippen LogP contribution in [-0.2, 0) is 11.3 Å². The quantitative estimate of drug-likeness (QED) is 0.446. The summed E-state index contributed by atoms with van der Waals surface area (Å²) in [5.41, 5.74) is 8.11. The number of benzene rings is 3. The number of rotatable bonds is 8. The van der Waals surface area contributed by atoms with Crippen LogP contribution in [0.4, 0.5) is 5.69 Å². The van der Waals surface area contributed by atoms with Crippen molar-refractivity contribution in [2.45, 2.75) is 12.1 Å². The van der Waals surface area contributed by atoms with Gasteiger partial charge in [0.1, 0.15) is 5.75 Å². The first-order valence-electron chi connectivity index (χ1n) is 8.51. The molecule has 8 heteroatoms. The second-order valence-electron chi connectivity index (χ2n) is 6.01. The highest BCUT2D eigenvalue weighted by Gasteiger charge is 2.24. The number of nitrogens with zero attached hydrogens (tertiary/aromatic N) is 1. The van der Waals surface area contributed by atoms with Crippen LogP contribution in [0.1, 0.15) is 23.2 Å². The van der Waals surface area contributed by atoms with Gasteiger partial charge in [-0.1, -0.05) is 60.7 Å². The molecule has 144 valence electrons. The van der Waals surface area contributed by atoms with Crippen LogP contribution in [0.15, 0.2) is 84.9 Å². The maximum absolute atomic E-state index is 12.5. The molecule has 0 aliphatic rings.